The zero-order chi connectivity index (χ0) is 10.0. The van der Waals surface area contributed by atoms with Gasteiger partial charge in [-0.1, -0.05) is 18.7 Å². The predicted molar refractivity (Wildman–Crippen MR) is 54.7 cm³/mol. The van der Waals surface area contributed by atoms with E-state index in [1.54, 1.807) is 19.1 Å². The number of hydrogen-bond acceptors (Lipinski definition) is 2. The average Bonchev–Trinajstić information content (AvgIpc) is 2.08. The van der Waals surface area contributed by atoms with Crippen LogP contribution in [-0.4, -0.2) is 5.78 Å². The van der Waals surface area contributed by atoms with E-state index >= 15 is 0 Å². The Morgan fingerprint density at radius 3 is 2.54 bits per heavy atom. The molecule has 0 unspecified atom stereocenters. The highest BCUT2D eigenvalue weighted by atomic mass is 16.1. The number of nitrogens with two attached hydrogens (primary N) is 1. The number of ketones is 1. The molecule has 0 radical (unpaired) electrons. The molecule has 0 aromatic heterocycles. The monoisotopic (exact) mass is 175 g/mol. The zero-order valence-electron chi connectivity index (χ0n) is 7.92. The molecule has 68 valence electrons. The molecule has 0 atom stereocenters. The van der Waals surface area contributed by atoms with Crippen LogP contribution in [0.5, 0.6) is 0 Å². The Kier molecular flexibility index (Phi) is 2.52. The molecular weight excluding hydrogens is 162 g/mol. The van der Waals surface area contributed by atoms with E-state index in [4.69, 9.17) is 5.73 Å². The minimum atomic E-state index is -0.0494. The lowest BCUT2D eigenvalue weighted by Crippen LogP contribution is -2.01. The van der Waals surface area contributed by atoms with Crippen molar-refractivity contribution in [3.05, 3.63) is 41.5 Å². The van der Waals surface area contributed by atoms with Gasteiger partial charge in [0.15, 0.2) is 5.78 Å². The first-order valence-corrected chi connectivity index (χ1v) is 4.08. The standard InChI is InChI=1S/C11H13NO/c1-7(2)11(13)9-5-4-8(3)10(12)6-9/h4-6H,1,12H2,2-3H3. The van der Waals surface area contributed by atoms with Gasteiger partial charge in [0.25, 0.3) is 0 Å². The number of carbonyl (C=O) groups excluding carboxylic acids is 1. The summed E-state index contributed by atoms with van der Waals surface area (Å²) in [6.07, 6.45) is 0. The third kappa shape index (κ3) is 1.96. The van der Waals surface area contributed by atoms with Gasteiger partial charge in [-0.15, -0.1) is 0 Å². The normalized spacial score (nSPS) is 9.69. The van der Waals surface area contributed by atoms with Crippen LogP contribution in [-0.2, 0) is 0 Å². The van der Waals surface area contributed by atoms with E-state index < -0.39 is 0 Å². The number of Topliss-reactive ketones (excluding diaryl/α,β-unsaturated/α-hetero) is 1. The molecule has 0 aliphatic heterocycles. The molecule has 2 N–H and O–H groups in total. The molecule has 2 heteroatoms. The third-order valence-electron chi connectivity index (χ3n) is 1.93. The number of hydrogen-bond donors (Lipinski definition) is 1. The zero-order valence-corrected chi connectivity index (χ0v) is 7.92. The second-order valence-electron chi connectivity index (χ2n) is 3.18. The van der Waals surface area contributed by atoms with Crippen molar-refractivity contribution in [1.29, 1.82) is 0 Å². The fraction of sp³-hybridized carbons (Fsp3) is 0.182. The molecule has 0 bridgehead atoms. The second kappa shape index (κ2) is 3.44. The van der Waals surface area contributed by atoms with Gasteiger partial charge in [-0.2, -0.15) is 0 Å². The van der Waals surface area contributed by atoms with E-state index in [9.17, 15) is 4.79 Å². The Bertz CT molecular complexity index is 366. The molecule has 1 rings (SSSR count). The lowest BCUT2D eigenvalue weighted by atomic mass is 10.0. The molecule has 0 amide bonds. The van der Waals surface area contributed by atoms with Crippen LogP contribution in [0.1, 0.15) is 22.8 Å². The van der Waals surface area contributed by atoms with E-state index in [1.165, 1.54) is 0 Å². The molecule has 0 saturated carbocycles. The van der Waals surface area contributed by atoms with Gasteiger partial charge in [0.1, 0.15) is 0 Å². The van der Waals surface area contributed by atoms with Gasteiger partial charge in [-0.3, -0.25) is 4.79 Å². The highest BCUT2D eigenvalue weighted by Gasteiger charge is 2.06. The summed E-state index contributed by atoms with van der Waals surface area (Å²) in [6.45, 7) is 7.19. The maximum atomic E-state index is 11.5. The van der Waals surface area contributed by atoms with Gasteiger partial charge in [0.05, 0.1) is 0 Å². The van der Waals surface area contributed by atoms with Gasteiger partial charge >= 0.3 is 0 Å². The highest BCUT2D eigenvalue weighted by molar-refractivity contribution is 6.08. The molecular formula is C11H13NO. The van der Waals surface area contributed by atoms with E-state index in [-0.39, 0.29) is 5.78 Å². The van der Waals surface area contributed by atoms with Crippen molar-refractivity contribution in [1.82, 2.24) is 0 Å². The molecule has 0 heterocycles. The van der Waals surface area contributed by atoms with Gasteiger partial charge in [0, 0.05) is 11.3 Å². The summed E-state index contributed by atoms with van der Waals surface area (Å²) in [4.78, 5) is 11.5. The van der Waals surface area contributed by atoms with Crippen LogP contribution in [0.25, 0.3) is 0 Å². The fourth-order valence-electron chi connectivity index (χ4n) is 1.03. The van der Waals surface area contributed by atoms with Crippen molar-refractivity contribution in [2.45, 2.75) is 13.8 Å². The Balaban J connectivity index is 3.11. The number of allylic oxidation sites excluding steroid dienone is 1. The number of benzene rings is 1. The average molecular weight is 175 g/mol. The summed E-state index contributed by atoms with van der Waals surface area (Å²) in [5.41, 5.74) is 8.44. The minimum Gasteiger partial charge on any atom is -0.398 e. The van der Waals surface area contributed by atoms with Crippen molar-refractivity contribution in [2.75, 3.05) is 5.73 Å². The summed E-state index contributed by atoms with van der Waals surface area (Å²) in [6, 6.07) is 5.29. The van der Waals surface area contributed by atoms with Crippen molar-refractivity contribution in [3.63, 3.8) is 0 Å². The highest BCUT2D eigenvalue weighted by Crippen LogP contribution is 2.15. The molecule has 2 nitrogen and oxygen atoms in total. The Morgan fingerprint density at radius 2 is 2.08 bits per heavy atom. The van der Waals surface area contributed by atoms with Crippen molar-refractivity contribution < 1.29 is 4.79 Å². The minimum absolute atomic E-state index is 0.0494. The quantitative estimate of drug-likeness (QED) is 0.426. The van der Waals surface area contributed by atoms with Gasteiger partial charge < -0.3 is 5.73 Å². The number of aryl methyl sites for hydroxylation is 1. The molecule has 0 aliphatic rings. The number of rotatable bonds is 2. The summed E-state index contributed by atoms with van der Waals surface area (Å²) in [7, 11) is 0. The number of nitrogen functional groups attached to an aromatic ring is 1. The van der Waals surface area contributed by atoms with Crippen LogP contribution in [0.15, 0.2) is 30.4 Å². The van der Waals surface area contributed by atoms with Gasteiger partial charge in [0.2, 0.25) is 0 Å². The molecule has 1 aromatic carbocycles. The second-order valence-corrected chi connectivity index (χ2v) is 3.18. The number of carbonyl (C=O) groups is 1. The molecule has 0 spiro atoms. The molecule has 0 aliphatic carbocycles. The van der Waals surface area contributed by atoms with Crippen LogP contribution in [0.4, 0.5) is 5.69 Å². The van der Waals surface area contributed by atoms with Crippen LogP contribution in [0.2, 0.25) is 0 Å². The van der Waals surface area contributed by atoms with E-state index in [0.29, 0.717) is 16.8 Å². The third-order valence-corrected chi connectivity index (χ3v) is 1.93. The maximum Gasteiger partial charge on any atom is 0.188 e. The van der Waals surface area contributed by atoms with Gasteiger partial charge in [-0.05, 0) is 31.1 Å². The maximum absolute atomic E-state index is 11.5. The molecule has 0 saturated heterocycles. The topological polar surface area (TPSA) is 43.1 Å². The van der Waals surface area contributed by atoms with E-state index in [1.807, 2.05) is 13.0 Å². The van der Waals surface area contributed by atoms with E-state index in [2.05, 4.69) is 6.58 Å². The number of anilines is 1. The molecule has 1 aromatic rings. The van der Waals surface area contributed by atoms with Crippen molar-refractivity contribution in [3.8, 4) is 0 Å². The first-order chi connectivity index (χ1) is 6.02. The van der Waals surface area contributed by atoms with Crippen LogP contribution < -0.4 is 5.73 Å². The first kappa shape index (κ1) is 9.52. The summed E-state index contributed by atoms with van der Waals surface area (Å²) >= 11 is 0. The largest absolute Gasteiger partial charge is 0.398 e. The SMILES string of the molecule is C=C(C)C(=O)c1ccc(C)c(N)c1. The molecule has 0 fully saturated rings. The van der Waals surface area contributed by atoms with Crippen LogP contribution >= 0.6 is 0 Å². The molecule has 13 heavy (non-hydrogen) atoms. The first-order valence-electron chi connectivity index (χ1n) is 4.08. The van der Waals surface area contributed by atoms with Crippen molar-refractivity contribution >= 4 is 11.5 Å². The smallest absolute Gasteiger partial charge is 0.188 e. The fourth-order valence-corrected chi connectivity index (χ4v) is 1.03. The summed E-state index contributed by atoms with van der Waals surface area (Å²) in [5, 5.41) is 0. The predicted octanol–water partition coefficient (Wildman–Crippen LogP) is 2.34. The van der Waals surface area contributed by atoms with Gasteiger partial charge in [-0.25, -0.2) is 0 Å². The van der Waals surface area contributed by atoms with Crippen LogP contribution in [0, 0.1) is 6.92 Å². The Hall–Kier alpha value is -1.57. The van der Waals surface area contributed by atoms with Crippen molar-refractivity contribution in [2.24, 2.45) is 0 Å². The summed E-state index contributed by atoms with van der Waals surface area (Å²) in [5.74, 6) is -0.0494. The lowest BCUT2D eigenvalue weighted by Gasteiger charge is -2.03. The van der Waals surface area contributed by atoms with Crippen LogP contribution in [0.3, 0.4) is 0 Å². The summed E-state index contributed by atoms with van der Waals surface area (Å²) < 4.78 is 0. The lowest BCUT2D eigenvalue weighted by molar-refractivity contribution is 0.103. The Labute approximate surface area is 78.1 Å². The Morgan fingerprint density at radius 1 is 1.46 bits per heavy atom. The van der Waals surface area contributed by atoms with E-state index in [0.717, 1.165) is 5.56 Å².